The van der Waals surface area contributed by atoms with E-state index in [-0.39, 0.29) is 5.91 Å². The Kier molecular flexibility index (Phi) is 7.40. The Morgan fingerprint density at radius 1 is 1.14 bits per heavy atom. The number of piperidine rings is 1. The normalized spacial score (nSPS) is 15.7. The third-order valence-electron chi connectivity index (χ3n) is 4.22. The van der Waals surface area contributed by atoms with E-state index >= 15 is 0 Å². The molecule has 1 aliphatic heterocycles. The molecule has 2 rings (SSSR count). The molecule has 1 aromatic rings. The molecule has 4 heteroatoms. The number of benzene rings is 1. The van der Waals surface area contributed by atoms with Gasteiger partial charge in [0.15, 0.2) is 0 Å². The van der Waals surface area contributed by atoms with Crippen molar-refractivity contribution in [1.29, 1.82) is 0 Å². The Balaban J connectivity index is 1.55. The summed E-state index contributed by atoms with van der Waals surface area (Å²) < 4.78 is 0. The molecule has 0 atom stereocenters. The molecule has 0 unspecified atom stereocenters. The topological polar surface area (TPSA) is 41.6 Å². The maximum atomic E-state index is 11.7. The minimum Gasteiger partial charge on any atom is -0.301 e. The van der Waals surface area contributed by atoms with Gasteiger partial charge in [0, 0.05) is 13.0 Å². The fraction of sp³-hybridized carbons (Fsp3) is 0.611. The van der Waals surface area contributed by atoms with E-state index < -0.39 is 0 Å². The van der Waals surface area contributed by atoms with Crippen LogP contribution in [0, 0.1) is 0 Å². The van der Waals surface area contributed by atoms with Crippen molar-refractivity contribution in [3.63, 3.8) is 0 Å². The van der Waals surface area contributed by atoms with Crippen molar-refractivity contribution < 1.29 is 9.63 Å². The van der Waals surface area contributed by atoms with E-state index in [0.717, 1.165) is 32.5 Å². The van der Waals surface area contributed by atoms with Crippen LogP contribution in [-0.4, -0.2) is 37.0 Å². The van der Waals surface area contributed by atoms with Gasteiger partial charge < -0.3 is 4.90 Å². The van der Waals surface area contributed by atoms with Crippen LogP contribution < -0.4 is 5.48 Å². The Morgan fingerprint density at radius 2 is 1.82 bits per heavy atom. The first-order chi connectivity index (χ1) is 10.8. The summed E-state index contributed by atoms with van der Waals surface area (Å²) in [4.78, 5) is 19.4. The highest BCUT2D eigenvalue weighted by molar-refractivity contribution is 5.75. The zero-order chi connectivity index (χ0) is 15.6. The zero-order valence-electron chi connectivity index (χ0n) is 13.6. The molecule has 0 saturated carbocycles. The van der Waals surface area contributed by atoms with E-state index in [2.05, 4.69) is 41.6 Å². The van der Waals surface area contributed by atoms with Crippen molar-refractivity contribution in [2.45, 2.75) is 45.4 Å². The summed E-state index contributed by atoms with van der Waals surface area (Å²) in [6, 6.07) is 8.46. The molecule has 1 N–H and O–H groups in total. The molecule has 0 spiro atoms. The molecule has 0 bridgehead atoms. The van der Waals surface area contributed by atoms with Crippen molar-refractivity contribution in [1.82, 2.24) is 10.4 Å². The van der Waals surface area contributed by atoms with Crippen molar-refractivity contribution in [3.8, 4) is 0 Å². The third-order valence-corrected chi connectivity index (χ3v) is 4.22. The van der Waals surface area contributed by atoms with Gasteiger partial charge in [-0.1, -0.05) is 37.6 Å². The Labute approximate surface area is 133 Å². The fourth-order valence-electron chi connectivity index (χ4n) is 2.74. The lowest BCUT2D eigenvalue weighted by Gasteiger charge is -2.25. The van der Waals surface area contributed by atoms with E-state index in [1.54, 1.807) is 0 Å². The lowest BCUT2D eigenvalue weighted by molar-refractivity contribution is -0.133. The van der Waals surface area contributed by atoms with E-state index in [9.17, 15) is 4.79 Å². The molecular weight excluding hydrogens is 276 g/mol. The van der Waals surface area contributed by atoms with Crippen molar-refractivity contribution in [3.05, 3.63) is 35.4 Å². The largest absolute Gasteiger partial charge is 0.301 e. The van der Waals surface area contributed by atoms with Crippen molar-refractivity contribution >= 4 is 5.91 Å². The molecule has 4 nitrogen and oxygen atoms in total. The van der Waals surface area contributed by atoms with Gasteiger partial charge in [0.2, 0.25) is 5.91 Å². The molecular formula is C18H28N2O2. The fourth-order valence-corrected chi connectivity index (χ4v) is 2.74. The van der Waals surface area contributed by atoms with Crippen LogP contribution in [0.25, 0.3) is 0 Å². The van der Waals surface area contributed by atoms with Gasteiger partial charge in [0.1, 0.15) is 0 Å². The summed E-state index contributed by atoms with van der Waals surface area (Å²) in [7, 11) is 0. The predicted octanol–water partition coefficient (Wildman–Crippen LogP) is 2.72. The average Bonchev–Trinajstić information content (AvgIpc) is 2.58. The van der Waals surface area contributed by atoms with E-state index in [1.807, 2.05) is 0 Å². The molecule has 122 valence electrons. The van der Waals surface area contributed by atoms with Gasteiger partial charge in [-0.15, -0.1) is 0 Å². The Morgan fingerprint density at radius 3 is 2.50 bits per heavy atom. The second kappa shape index (κ2) is 9.59. The number of aryl methyl sites for hydroxylation is 2. The summed E-state index contributed by atoms with van der Waals surface area (Å²) in [6.07, 6.45) is 6.17. The third kappa shape index (κ3) is 6.16. The number of amides is 1. The van der Waals surface area contributed by atoms with Gasteiger partial charge in [-0.05, 0) is 49.9 Å². The monoisotopic (exact) mass is 304 g/mol. The maximum absolute atomic E-state index is 11.7. The number of nitrogens with zero attached hydrogens (tertiary/aromatic N) is 1. The minimum atomic E-state index is -0.0433. The summed E-state index contributed by atoms with van der Waals surface area (Å²) >= 11 is 0. The number of rotatable bonds is 8. The number of hydroxylamine groups is 1. The predicted molar refractivity (Wildman–Crippen MR) is 88.5 cm³/mol. The average molecular weight is 304 g/mol. The van der Waals surface area contributed by atoms with Crippen LogP contribution in [0.2, 0.25) is 0 Å². The summed E-state index contributed by atoms with van der Waals surface area (Å²) in [5.41, 5.74) is 5.07. The highest BCUT2D eigenvalue weighted by atomic mass is 16.6. The molecule has 1 aromatic carbocycles. The van der Waals surface area contributed by atoms with E-state index in [0.29, 0.717) is 13.0 Å². The first kappa shape index (κ1) is 17.0. The van der Waals surface area contributed by atoms with Crippen molar-refractivity contribution in [2.24, 2.45) is 0 Å². The summed E-state index contributed by atoms with van der Waals surface area (Å²) in [5.74, 6) is -0.0433. The van der Waals surface area contributed by atoms with E-state index in [1.165, 1.54) is 30.4 Å². The highest BCUT2D eigenvalue weighted by Crippen LogP contribution is 2.08. The van der Waals surface area contributed by atoms with Crippen LogP contribution in [0.4, 0.5) is 0 Å². The summed E-state index contributed by atoms with van der Waals surface area (Å²) in [5, 5.41) is 0. The highest BCUT2D eigenvalue weighted by Gasteiger charge is 2.09. The number of hydrogen-bond donors (Lipinski definition) is 1. The second-order valence-corrected chi connectivity index (χ2v) is 5.95. The van der Waals surface area contributed by atoms with Gasteiger partial charge in [-0.3, -0.25) is 9.63 Å². The molecule has 1 saturated heterocycles. The first-order valence-corrected chi connectivity index (χ1v) is 8.48. The number of carbonyl (C=O) groups is 1. The molecule has 0 aliphatic carbocycles. The molecule has 1 heterocycles. The van der Waals surface area contributed by atoms with Crippen LogP contribution >= 0.6 is 0 Å². The molecule has 0 aromatic heterocycles. The lowest BCUT2D eigenvalue weighted by Crippen LogP contribution is -2.35. The van der Waals surface area contributed by atoms with Crippen molar-refractivity contribution in [2.75, 3.05) is 26.2 Å². The molecule has 1 aliphatic rings. The van der Waals surface area contributed by atoms with Crippen LogP contribution in [0.15, 0.2) is 24.3 Å². The minimum absolute atomic E-state index is 0.0433. The number of carbonyl (C=O) groups excluding carboxylic acids is 1. The van der Waals surface area contributed by atoms with Crippen LogP contribution in [0.3, 0.4) is 0 Å². The maximum Gasteiger partial charge on any atom is 0.243 e. The van der Waals surface area contributed by atoms with Crippen LogP contribution in [-0.2, 0) is 22.5 Å². The van der Waals surface area contributed by atoms with Gasteiger partial charge in [0.25, 0.3) is 0 Å². The quantitative estimate of drug-likeness (QED) is 0.593. The molecule has 0 radical (unpaired) electrons. The standard InChI is InChI=1S/C18H28N2O2/c1-2-16-6-8-17(9-7-16)10-11-18(21)19-22-15-14-20-12-4-3-5-13-20/h6-9H,2-5,10-15H2,1H3,(H,19,21). The van der Waals surface area contributed by atoms with E-state index in [4.69, 9.17) is 4.84 Å². The zero-order valence-corrected chi connectivity index (χ0v) is 13.6. The van der Waals surface area contributed by atoms with Gasteiger partial charge in [-0.2, -0.15) is 0 Å². The summed E-state index contributed by atoms with van der Waals surface area (Å²) in [6.45, 7) is 5.93. The second-order valence-electron chi connectivity index (χ2n) is 5.95. The molecule has 1 amide bonds. The first-order valence-electron chi connectivity index (χ1n) is 8.48. The number of hydrogen-bond acceptors (Lipinski definition) is 3. The number of likely N-dealkylation sites (tertiary alicyclic amines) is 1. The number of nitrogens with one attached hydrogen (secondary N) is 1. The van der Waals surface area contributed by atoms with Gasteiger partial charge >= 0.3 is 0 Å². The Bertz CT molecular complexity index is 439. The smallest absolute Gasteiger partial charge is 0.243 e. The molecule has 22 heavy (non-hydrogen) atoms. The molecule has 1 fully saturated rings. The Hall–Kier alpha value is -1.39. The van der Waals surface area contributed by atoms with Gasteiger partial charge in [0.05, 0.1) is 6.61 Å². The van der Waals surface area contributed by atoms with Crippen LogP contribution in [0.1, 0.15) is 43.7 Å². The SMILES string of the molecule is CCc1ccc(CCC(=O)NOCCN2CCCCC2)cc1. The van der Waals surface area contributed by atoms with Crippen LogP contribution in [0.5, 0.6) is 0 Å². The van der Waals surface area contributed by atoms with Gasteiger partial charge in [-0.25, -0.2) is 5.48 Å². The lowest BCUT2D eigenvalue weighted by atomic mass is 10.1.